The zero-order valence-corrected chi connectivity index (χ0v) is 16.1. The number of benzene rings is 1. The maximum atomic E-state index is 12.7. The molecule has 29 heavy (non-hydrogen) atoms. The molecule has 0 atom stereocenters. The number of imidazole rings is 1. The summed E-state index contributed by atoms with van der Waals surface area (Å²) in [6.07, 6.45) is 0. The van der Waals surface area contributed by atoms with E-state index in [0.717, 1.165) is 38.2 Å². The number of fused-ring (bicyclic) bond motifs is 3. The lowest BCUT2D eigenvalue weighted by Gasteiger charge is -2.34. The Balaban J connectivity index is 1.70. The Hall–Kier alpha value is -2.95. The minimum atomic E-state index is -1.44. The zero-order valence-electron chi connectivity index (χ0n) is 16.1. The van der Waals surface area contributed by atoms with Gasteiger partial charge in [-0.3, -0.25) is 14.6 Å². The number of carbonyl (C=O) groups is 1. The molecule has 2 aromatic heterocycles. The molecular formula is C19H23N5O5. The van der Waals surface area contributed by atoms with Crippen LogP contribution in [0.25, 0.3) is 16.8 Å². The molecule has 1 saturated heterocycles. The maximum absolute atomic E-state index is 12.7. The van der Waals surface area contributed by atoms with E-state index in [1.807, 2.05) is 16.7 Å². The second-order valence-corrected chi connectivity index (χ2v) is 7.07. The molecule has 1 aromatic carbocycles. The third kappa shape index (κ3) is 3.46. The van der Waals surface area contributed by atoms with Gasteiger partial charge in [0, 0.05) is 46.4 Å². The Labute approximate surface area is 166 Å². The topological polar surface area (TPSA) is 113 Å². The standard InChI is InChI=1S/C19H23N5O5/c1-29-12-22-8-6-21(7-9-22)10-11-23-13-4-2-3-5-14(13)24-17(26)16(25)15(18(27)28)20-19(23)24/h2-5,25H,6-12H2,1H3,(H,27,28). The van der Waals surface area contributed by atoms with Crippen LogP contribution in [0, 0.1) is 0 Å². The van der Waals surface area contributed by atoms with Crippen molar-refractivity contribution < 1.29 is 19.7 Å². The van der Waals surface area contributed by atoms with Gasteiger partial charge in [-0.1, -0.05) is 12.1 Å². The highest BCUT2D eigenvalue weighted by Crippen LogP contribution is 2.21. The van der Waals surface area contributed by atoms with Crippen LogP contribution in [0.1, 0.15) is 10.5 Å². The van der Waals surface area contributed by atoms with Gasteiger partial charge in [0.25, 0.3) is 0 Å². The van der Waals surface area contributed by atoms with Gasteiger partial charge in [0.1, 0.15) is 0 Å². The molecule has 1 aliphatic heterocycles. The predicted octanol–water partition coefficient (Wildman–Crippen LogP) is 0.275. The molecule has 3 aromatic rings. The van der Waals surface area contributed by atoms with Crippen LogP contribution in [0.4, 0.5) is 0 Å². The Bertz CT molecular complexity index is 1110. The summed E-state index contributed by atoms with van der Waals surface area (Å²) in [7, 11) is 1.69. The first kappa shape index (κ1) is 19.4. The first-order valence-corrected chi connectivity index (χ1v) is 9.41. The molecule has 0 spiro atoms. The molecule has 0 aliphatic carbocycles. The van der Waals surface area contributed by atoms with Crippen molar-refractivity contribution in [3.63, 3.8) is 0 Å². The number of hydrogen-bond donors (Lipinski definition) is 2. The first-order valence-electron chi connectivity index (χ1n) is 9.41. The van der Waals surface area contributed by atoms with Crippen LogP contribution in [-0.4, -0.2) is 86.5 Å². The summed E-state index contributed by atoms with van der Waals surface area (Å²) in [5.74, 6) is -2.08. The van der Waals surface area contributed by atoms with Crippen molar-refractivity contribution in [1.29, 1.82) is 0 Å². The minimum absolute atomic E-state index is 0.212. The molecule has 4 rings (SSSR count). The number of carboxylic acids is 1. The molecule has 0 bridgehead atoms. The Kier molecular flexibility index (Phi) is 5.22. The van der Waals surface area contributed by atoms with Gasteiger partial charge in [-0.15, -0.1) is 0 Å². The number of carboxylic acid groups (broad SMARTS) is 1. The van der Waals surface area contributed by atoms with Crippen molar-refractivity contribution in [2.75, 3.05) is 46.6 Å². The second-order valence-electron chi connectivity index (χ2n) is 7.07. The lowest BCUT2D eigenvalue weighted by atomic mass is 10.3. The summed E-state index contributed by atoms with van der Waals surface area (Å²) in [5, 5.41) is 19.3. The van der Waals surface area contributed by atoms with Crippen molar-refractivity contribution >= 4 is 22.8 Å². The summed E-state index contributed by atoms with van der Waals surface area (Å²) >= 11 is 0. The second kappa shape index (κ2) is 7.82. The SMILES string of the molecule is COCN1CCN(CCn2c3ccccc3n3c(=O)c(O)c(C(=O)O)nc23)CC1. The molecule has 154 valence electrons. The Morgan fingerprint density at radius 3 is 2.41 bits per heavy atom. The van der Waals surface area contributed by atoms with Crippen molar-refractivity contribution in [1.82, 2.24) is 23.8 Å². The number of nitrogens with zero attached hydrogens (tertiary/aromatic N) is 5. The number of aromatic nitrogens is 3. The fourth-order valence-corrected chi connectivity index (χ4v) is 3.82. The number of aromatic hydroxyl groups is 1. The van der Waals surface area contributed by atoms with E-state index < -0.39 is 23.0 Å². The van der Waals surface area contributed by atoms with Crippen LogP contribution in [0.5, 0.6) is 5.75 Å². The lowest BCUT2D eigenvalue weighted by molar-refractivity contribution is 0.0264. The van der Waals surface area contributed by atoms with E-state index >= 15 is 0 Å². The Morgan fingerprint density at radius 2 is 1.76 bits per heavy atom. The van der Waals surface area contributed by atoms with Crippen molar-refractivity contribution in [2.45, 2.75) is 6.54 Å². The fourth-order valence-electron chi connectivity index (χ4n) is 3.82. The van der Waals surface area contributed by atoms with Crippen molar-refractivity contribution in [3.8, 4) is 5.75 Å². The summed E-state index contributed by atoms with van der Waals surface area (Å²) in [6, 6.07) is 7.25. The van der Waals surface area contributed by atoms with E-state index in [9.17, 15) is 19.8 Å². The van der Waals surface area contributed by atoms with Crippen LogP contribution in [-0.2, 0) is 11.3 Å². The maximum Gasteiger partial charge on any atom is 0.358 e. The van der Waals surface area contributed by atoms with E-state index in [-0.39, 0.29) is 5.78 Å². The van der Waals surface area contributed by atoms with E-state index in [4.69, 9.17) is 4.74 Å². The van der Waals surface area contributed by atoms with Crippen LogP contribution in [0.2, 0.25) is 0 Å². The lowest BCUT2D eigenvalue weighted by Crippen LogP contribution is -2.47. The molecule has 10 nitrogen and oxygen atoms in total. The van der Waals surface area contributed by atoms with Crippen LogP contribution in [0.15, 0.2) is 29.1 Å². The largest absolute Gasteiger partial charge is 0.501 e. The van der Waals surface area contributed by atoms with Gasteiger partial charge in [-0.05, 0) is 12.1 Å². The third-order valence-electron chi connectivity index (χ3n) is 5.32. The van der Waals surface area contributed by atoms with E-state index in [2.05, 4.69) is 14.8 Å². The summed E-state index contributed by atoms with van der Waals surface area (Å²) in [4.78, 5) is 32.7. The first-order chi connectivity index (χ1) is 14.0. The third-order valence-corrected chi connectivity index (χ3v) is 5.32. The number of piperazine rings is 1. The van der Waals surface area contributed by atoms with E-state index in [1.165, 1.54) is 4.40 Å². The smallest absolute Gasteiger partial charge is 0.358 e. The van der Waals surface area contributed by atoms with Gasteiger partial charge in [0.05, 0.1) is 17.8 Å². The van der Waals surface area contributed by atoms with Crippen molar-refractivity contribution in [2.24, 2.45) is 0 Å². The molecule has 0 saturated carbocycles. The highest BCUT2D eigenvalue weighted by Gasteiger charge is 2.23. The quantitative estimate of drug-likeness (QED) is 0.606. The number of ether oxygens (including phenoxy) is 1. The van der Waals surface area contributed by atoms with E-state index in [1.54, 1.807) is 19.2 Å². The molecular weight excluding hydrogens is 378 g/mol. The van der Waals surface area contributed by atoms with Crippen LogP contribution in [0.3, 0.4) is 0 Å². The molecule has 0 unspecified atom stereocenters. The number of hydrogen-bond acceptors (Lipinski definition) is 7. The molecule has 10 heteroatoms. The van der Waals surface area contributed by atoms with Gasteiger partial charge in [-0.2, -0.15) is 0 Å². The van der Waals surface area contributed by atoms with Gasteiger partial charge in [-0.25, -0.2) is 14.2 Å². The average molecular weight is 401 g/mol. The predicted molar refractivity (Wildman–Crippen MR) is 105 cm³/mol. The average Bonchev–Trinajstić information content (AvgIpc) is 3.04. The van der Waals surface area contributed by atoms with Gasteiger partial charge in [0.2, 0.25) is 11.5 Å². The number of para-hydroxylation sites is 2. The van der Waals surface area contributed by atoms with Gasteiger partial charge < -0.3 is 19.5 Å². The minimum Gasteiger partial charge on any atom is -0.501 e. The Morgan fingerprint density at radius 1 is 1.10 bits per heavy atom. The molecule has 0 amide bonds. The summed E-state index contributed by atoms with van der Waals surface area (Å²) in [5.41, 5.74) is -0.0722. The van der Waals surface area contributed by atoms with Gasteiger partial charge >= 0.3 is 11.5 Å². The summed E-state index contributed by atoms with van der Waals surface area (Å²) in [6.45, 7) is 5.51. The number of rotatable bonds is 6. The summed E-state index contributed by atoms with van der Waals surface area (Å²) < 4.78 is 8.29. The number of methoxy groups -OCH3 is 1. The molecule has 1 aliphatic rings. The van der Waals surface area contributed by atoms with Crippen LogP contribution >= 0.6 is 0 Å². The number of aromatic carboxylic acids is 1. The van der Waals surface area contributed by atoms with Crippen LogP contribution < -0.4 is 5.56 Å². The molecule has 0 radical (unpaired) electrons. The monoisotopic (exact) mass is 401 g/mol. The normalized spacial score (nSPS) is 16.0. The highest BCUT2D eigenvalue weighted by molar-refractivity contribution is 5.90. The van der Waals surface area contributed by atoms with E-state index in [0.29, 0.717) is 18.8 Å². The van der Waals surface area contributed by atoms with Crippen molar-refractivity contribution in [3.05, 3.63) is 40.3 Å². The fraction of sp³-hybridized carbons (Fsp3) is 0.421. The molecule has 3 heterocycles. The zero-order chi connectivity index (χ0) is 20.5. The molecule has 2 N–H and O–H groups in total. The highest BCUT2D eigenvalue weighted by atomic mass is 16.5. The molecule has 1 fully saturated rings. The van der Waals surface area contributed by atoms with Gasteiger partial charge in [0.15, 0.2) is 5.69 Å².